The molecule has 0 bridgehead atoms. The molecule has 0 saturated carbocycles. The van der Waals surface area contributed by atoms with Crippen LogP contribution in [0.4, 0.5) is 5.82 Å². The molecule has 0 spiro atoms. The Labute approximate surface area is 274 Å². The van der Waals surface area contributed by atoms with Crippen LogP contribution in [0, 0.1) is 0 Å². The fraction of sp³-hybridized carbons (Fsp3) is 0.625. The highest BCUT2D eigenvalue weighted by Crippen LogP contribution is 2.41. The van der Waals surface area contributed by atoms with Gasteiger partial charge in [0.25, 0.3) is 0 Å². The number of methoxy groups -OCH3 is 1. The Hall–Kier alpha value is -2.20. The first-order valence-electron chi connectivity index (χ1n) is 15.7. The van der Waals surface area contributed by atoms with Gasteiger partial charge in [-0.25, -0.2) is 4.98 Å². The maximum Gasteiger partial charge on any atom is 0.301 e. The number of rotatable bonds is 13. The molecular weight excluding hydrogens is 628 g/mol. The molecule has 45 heavy (non-hydrogen) atoms. The molecular formula is C32H49ClN4O6Si2. The first kappa shape index (κ1) is 34.1. The number of anilines is 1. The van der Waals surface area contributed by atoms with E-state index in [2.05, 4.69) is 58.8 Å². The summed E-state index contributed by atoms with van der Waals surface area (Å²) in [5, 5.41) is 3.93. The number of halogens is 1. The van der Waals surface area contributed by atoms with Crippen molar-refractivity contribution in [2.75, 3.05) is 32.2 Å². The van der Waals surface area contributed by atoms with E-state index in [9.17, 15) is 0 Å². The second kappa shape index (κ2) is 13.5. The van der Waals surface area contributed by atoms with Gasteiger partial charge in [0.15, 0.2) is 20.1 Å². The maximum absolute atomic E-state index is 6.69. The molecule has 5 rings (SSSR count). The zero-order valence-corrected chi connectivity index (χ0v) is 30.9. The number of benzene rings is 1. The summed E-state index contributed by atoms with van der Waals surface area (Å²) in [4.78, 5) is 9.70. The van der Waals surface area contributed by atoms with Crippen LogP contribution in [0.3, 0.4) is 0 Å². The van der Waals surface area contributed by atoms with Crippen molar-refractivity contribution in [2.24, 2.45) is 0 Å². The van der Waals surface area contributed by atoms with Crippen LogP contribution >= 0.6 is 11.6 Å². The van der Waals surface area contributed by atoms with Crippen molar-refractivity contribution in [3.63, 3.8) is 0 Å². The lowest BCUT2D eigenvalue weighted by molar-refractivity contribution is 0.00687. The molecule has 1 unspecified atom stereocenters. The van der Waals surface area contributed by atoms with Crippen molar-refractivity contribution in [1.82, 2.24) is 14.5 Å². The number of fused-ring (bicyclic) bond motifs is 2. The number of aromatic nitrogens is 3. The molecule has 2 aromatic heterocycles. The Balaban J connectivity index is 1.35. The van der Waals surface area contributed by atoms with Gasteiger partial charge in [0, 0.05) is 21.2 Å². The first-order valence-corrected chi connectivity index (χ1v) is 22.7. The summed E-state index contributed by atoms with van der Waals surface area (Å²) in [5.74, 6) is 1.37. The number of imidazole rings is 1. The van der Waals surface area contributed by atoms with E-state index in [0.29, 0.717) is 54.4 Å². The standard InChI is InChI=1S/C32H49ClN4O6Si2/c1-32(2,3)45(8,9)43-26-19-41-27-25(18-40-28(26)27)42-31-35-24-16-23(33)29(34-17-21-10-12-22(38-4)13-11-21)36-30(24)37(31)20-39-14-15-44(5,6)7/h10-13,16,25-28H,14-15,17-20H2,1-9H3,(H,34,36)/t25-,26?,27-,28-/m1/s1. The summed E-state index contributed by atoms with van der Waals surface area (Å²) >= 11 is 6.69. The molecule has 1 N–H and O–H groups in total. The van der Waals surface area contributed by atoms with Gasteiger partial charge in [-0.1, -0.05) is 64.1 Å². The Morgan fingerprint density at radius 1 is 1.00 bits per heavy atom. The average molecular weight is 677 g/mol. The van der Waals surface area contributed by atoms with Crippen LogP contribution in [0.15, 0.2) is 30.3 Å². The molecule has 2 fully saturated rings. The summed E-state index contributed by atoms with van der Waals surface area (Å²) in [6.07, 6.45) is -0.896. The molecule has 4 heterocycles. The van der Waals surface area contributed by atoms with Crippen molar-refractivity contribution in [2.45, 2.75) is 102 Å². The third-order valence-corrected chi connectivity index (χ3v) is 15.4. The predicted octanol–water partition coefficient (Wildman–Crippen LogP) is 6.95. The van der Waals surface area contributed by atoms with E-state index >= 15 is 0 Å². The number of nitrogens with zero attached hydrogens (tertiary/aromatic N) is 3. The second-order valence-electron chi connectivity index (χ2n) is 14.7. The van der Waals surface area contributed by atoms with E-state index in [4.69, 9.17) is 49.7 Å². The molecule has 4 atom stereocenters. The van der Waals surface area contributed by atoms with Gasteiger partial charge in [-0.05, 0) is 47.9 Å². The topological polar surface area (TPSA) is 98.1 Å². The summed E-state index contributed by atoms with van der Waals surface area (Å²) in [6.45, 7) is 20.6. The lowest BCUT2D eigenvalue weighted by Gasteiger charge is -2.39. The Bertz CT molecular complexity index is 1460. The quantitative estimate of drug-likeness (QED) is 0.152. The number of nitrogens with one attached hydrogen (secondary N) is 1. The van der Waals surface area contributed by atoms with Crippen molar-refractivity contribution < 1.29 is 28.1 Å². The number of ether oxygens (including phenoxy) is 5. The highest BCUT2D eigenvalue weighted by molar-refractivity contribution is 6.76. The Morgan fingerprint density at radius 3 is 2.31 bits per heavy atom. The van der Waals surface area contributed by atoms with E-state index in [0.717, 1.165) is 17.4 Å². The molecule has 1 aromatic carbocycles. The molecule has 10 nitrogen and oxygen atoms in total. The molecule has 3 aromatic rings. The lowest BCUT2D eigenvalue weighted by atomic mass is 10.1. The Kier molecular flexibility index (Phi) is 10.2. The predicted molar refractivity (Wildman–Crippen MR) is 183 cm³/mol. The molecule has 0 aliphatic carbocycles. The molecule has 13 heteroatoms. The van der Waals surface area contributed by atoms with Gasteiger partial charge in [-0.2, -0.15) is 4.98 Å². The van der Waals surface area contributed by atoms with Gasteiger partial charge >= 0.3 is 6.01 Å². The summed E-state index contributed by atoms with van der Waals surface area (Å²) in [6, 6.07) is 11.1. The minimum atomic E-state index is -2.00. The fourth-order valence-electron chi connectivity index (χ4n) is 5.12. The van der Waals surface area contributed by atoms with Crippen LogP contribution < -0.4 is 14.8 Å². The van der Waals surface area contributed by atoms with E-state index < -0.39 is 16.4 Å². The Morgan fingerprint density at radius 2 is 1.67 bits per heavy atom. The number of hydrogen-bond donors (Lipinski definition) is 1. The second-order valence-corrected chi connectivity index (χ2v) is 25.5. The van der Waals surface area contributed by atoms with Gasteiger partial charge in [0.2, 0.25) is 0 Å². The molecule has 2 saturated heterocycles. The van der Waals surface area contributed by atoms with E-state index in [1.165, 1.54) is 0 Å². The smallest absolute Gasteiger partial charge is 0.301 e. The van der Waals surface area contributed by atoms with Crippen molar-refractivity contribution >= 4 is 45.0 Å². The summed E-state index contributed by atoms with van der Waals surface area (Å²) in [7, 11) is -1.61. The van der Waals surface area contributed by atoms with E-state index in [1.54, 1.807) is 7.11 Å². The SMILES string of the molecule is COc1ccc(CNc2nc3c(cc2Cl)nc(O[C@@H]2CO[C@@H]4C(O[Si](C)(C)C(C)(C)C)CO[C@@H]42)n3COCC[Si](C)(C)C)cc1. The van der Waals surface area contributed by atoms with Crippen molar-refractivity contribution in [3.05, 3.63) is 40.9 Å². The first-order chi connectivity index (χ1) is 21.1. The van der Waals surface area contributed by atoms with Crippen LogP contribution in [0.5, 0.6) is 11.8 Å². The van der Waals surface area contributed by atoms with E-state index in [-0.39, 0.29) is 36.2 Å². The molecule has 0 radical (unpaired) electrons. The summed E-state index contributed by atoms with van der Waals surface area (Å²) < 4.78 is 39.0. The van der Waals surface area contributed by atoms with Gasteiger partial charge in [-0.3, -0.25) is 4.57 Å². The van der Waals surface area contributed by atoms with Crippen LogP contribution in [0.1, 0.15) is 26.3 Å². The molecule has 248 valence electrons. The van der Waals surface area contributed by atoms with Gasteiger partial charge in [-0.15, -0.1) is 0 Å². The monoisotopic (exact) mass is 676 g/mol. The zero-order valence-electron chi connectivity index (χ0n) is 28.1. The van der Waals surface area contributed by atoms with Crippen LogP contribution in [0.25, 0.3) is 11.2 Å². The van der Waals surface area contributed by atoms with Gasteiger partial charge in [0.1, 0.15) is 36.0 Å². The van der Waals surface area contributed by atoms with Gasteiger partial charge in [0.05, 0.1) is 31.5 Å². The number of pyridine rings is 1. The summed E-state index contributed by atoms with van der Waals surface area (Å²) in [5.41, 5.74) is 2.33. The zero-order chi connectivity index (χ0) is 32.6. The molecule has 0 amide bonds. The minimum absolute atomic E-state index is 0.0938. The third kappa shape index (κ3) is 8.03. The van der Waals surface area contributed by atoms with Crippen LogP contribution in [0.2, 0.25) is 48.8 Å². The lowest BCUT2D eigenvalue weighted by Crippen LogP contribution is -2.47. The fourth-order valence-corrected chi connectivity index (χ4v) is 7.40. The van der Waals surface area contributed by atoms with Gasteiger partial charge < -0.3 is 33.4 Å². The highest BCUT2D eigenvalue weighted by Gasteiger charge is 2.52. The largest absolute Gasteiger partial charge is 0.497 e. The normalized spacial score (nSPS) is 22.2. The molecule has 2 aliphatic rings. The molecule has 2 aliphatic heterocycles. The highest BCUT2D eigenvalue weighted by atomic mass is 35.5. The average Bonchev–Trinajstić information content (AvgIpc) is 3.64. The van der Waals surface area contributed by atoms with E-state index in [1.807, 2.05) is 34.9 Å². The van der Waals surface area contributed by atoms with Crippen molar-refractivity contribution in [1.29, 1.82) is 0 Å². The van der Waals surface area contributed by atoms with Crippen LogP contribution in [-0.4, -0.2) is 82.3 Å². The minimum Gasteiger partial charge on any atom is -0.497 e. The maximum atomic E-state index is 6.69. The number of hydrogen-bond acceptors (Lipinski definition) is 9. The van der Waals surface area contributed by atoms with Crippen molar-refractivity contribution in [3.8, 4) is 11.8 Å². The van der Waals surface area contributed by atoms with Crippen LogP contribution in [-0.2, 0) is 31.9 Å². The third-order valence-electron chi connectivity index (χ3n) is 8.95.